The van der Waals surface area contributed by atoms with E-state index >= 15 is 0 Å². The Hall–Kier alpha value is 1.06. The van der Waals surface area contributed by atoms with Crippen LogP contribution in [0, 0.1) is 0 Å². The number of alkyl halides is 7. The van der Waals surface area contributed by atoms with E-state index in [0.29, 0.717) is 0 Å². The van der Waals surface area contributed by atoms with Gasteiger partial charge < -0.3 is 5.14 Å². The maximum atomic E-state index is 12.0. The van der Waals surface area contributed by atoms with Crippen molar-refractivity contribution in [2.75, 3.05) is 0 Å². The van der Waals surface area contributed by atoms with Crippen LogP contribution in [0.1, 0.15) is 0 Å². The Labute approximate surface area is 122 Å². The zero-order chi connectivity index (χ0) is 12.0. The predicted octanol–water partition coefficient (Wildman–Crippen LogP) is -0.837. The van der Waals surface area contributed by atoms with Crippen molar-refractivity contribution in [2.24, 2.45) is 0 Å². The number of sulfonamides is 1. The van der Waals surface area contributed by atoms with Crippen molar-refractivity contribution in [3.8, 4) is 0 Å². The second kappa shape index (κ2) is 4.74. The number of hydrogen-bond acceptors (Lipinski definition) is 2. The minimum atomic E-state index is -6.79. The van der Waals surface area contributed by atoms with Crippen LogP contribution < -0.4 is 51.4 Å². The molecule has 0 aliphatic rings. The first-order valence-corrected chi connectivity index (χ1v) is 4.05. The van der Waals surface area contributed by atoms with Gasteiger partial charge in [0, 0.05) is 0 Å². The summed E-state index contributed by atoms with van der Waals surface area (Å²) >= 11 is 0. The maximum absolute atomic E-state index is 12.0. The summed E-state index contributed by atoms with van der Waals surface area (Å²) in [6.07, 6.45) is -6.75. The Kier molecular flexibility index (Phi) is 5.82. The first kappa shape index (κ1) is 18.4. The Morgan fingerprint density at radius 2 is 1.13 bits per heavy atom. The predicted molar refractivity (Wildman–Crippen MR) is 29.2 cm³/mol. The van der Waals surface area contributed by atoms with Crippen molar-refractivity contribution >= 4 is 10.0 Å². The normalized spacial score (nSPS) is 14.7. The van der Waals surface area contributed by atoms with Crippen LogP contribution in [0.2, 0.25) is 0 Å². The third-order valence-electron chi connectivity index (χ3n) is 1.06. The van der Waals surface area contributed by atoms with Gasteiger partial charge in [-0.15, -0.1) is 0 Å². The van der Waals surface area contributed by atoms with E-state index in [2.05, 4.69) is 0 Å². The molecule has 15 heavy (non-hydrogen) atoms. The van der Waals surface area contributed by atoms with Gasteiger partial charge in [0.05, 0.1) is 0 Å². The first-order chi connectivity index (χ1) is 5.75. The standard InChI is InChI=1S/C3HF7NO2S.K/c4-1(5,2(6,7)8)3(9,10)14(11,12)13;/h(H-,11,12,13);/q-1;+1. The number of rotatable bonds is 2. The van der Waals surface area contributed by atoms with E-state index in [-0.39, 0.29) is 51.4 Å². The largest absolute Gasteiger partial charge is 1.00 e. The number of halogens is 7. The van der Waals surface area contributed by atoms with Crippen LogP contribution in [-0.2, 0) is 10.0 Å². The molecule has 0 saturated carbocycles. The van der Waals surface area contributed by atoms with Crippen LogP contribution in [0.5, 0.6) is 0 Å². The topological polar surface area (TPSA) is 57.9 Å². The SMILES string of the molecule is [K+].[NH-]S(=O)(=O)C(F)(F)C(F)(F)C(F)(F)F. The molecule has 0 aromatic rings. The van der Waals surface area contributed by atoms with E-state index < -0.39 is 27.4 Å². The molecule has 0 spiro atoms. The van der Waals surface area contributed by atoms with Crippen molar-refractivity contribution in [3.63, 3.8) is 0 Å². The fourth-order valence-electron chi connectivity index (χ4n) is 0.334. The van der Waals surface area contributed by atoms with Gasteiger partial charge in [0.2, 0.25) is 0 Å². The summed E-state index contributed by atoms with van der Waals surface area (Å²) < 4.78 is 101. The summed E-state index contributed by atoms with van der Waals surface area (Å²) in [6, 6.07) is 0. The zero-order valence-corrected chi connectivity index (χ0v) is 10.8. The van der Waals surface area contributed by atoms with E-state index in [1.165, 1.54) is 0 Å². The molecule has 0 unspecified atom stereocenters. The number of nitrogens with one attached hydrogen (secondary N) is 1. The Balaban J connectivity index is 0. The van der Waals surface area contributed by atoms with Crippen LogP contribution in [-0.4, -0.2) is 25.8 Å². The second-order valence-corrected chi connectivity index (χ2v) is 3.61. The van der Waals surface area contributed by atoms with Crippen molar-refractivity contribution in [1.29, 1.82) is 0 Å². The molecule has 3 nitrogen and oxygen atoms in total. The van der Waals surface area contributed by atoms with E-state index in [0.717, 1.165) is 0 Å². The molecular formula is C3HF7KNO2S. The van der Waals surface area contributed by atoms with Gasteiger partial charge in [-0.05, 0) is 0 Å². The van der Waals surface area contributed by atoms with E-state index in [1.807, 2.05) is 0 Å². The molecule has 0 atom stereocenters. The summed E-state index contributed by atoms with van der Waals surface area (Å²) in [4.78, 5) is 0. The van der Waals surface area contributed by atoms with Crippen LogP contribution in [0.25, 0.3) is 5.14 Å². The van der Waals surface area contributed by atoms with Gasteiger partial charge in [0.25, 0.3) is 0 Å². The third kappa shape index (κ3) is 3.26. The van der Waals surface area contributed by atoms with Crippen LogP contribution in [0.15, 0.2) is 0 Å². The van der Waals surface area contributed by atoms with Crippen LogP contribution in [0.4, 0.5) is 30.7 Å². The Morgan fingerprint density at radius 3 is 1.20 bits per heavy atom. The molecule has 0 aromatic carbocycles. The molecule has 0 aliphatic heterocycles. The van der Waals surface area contributed by atoms with Gasteiger partial charge in [0.15, 0.2) is 0 Å². The van der Waals surface area contributed by atoms with Gasteiger partial charge in [-0.3, -0.25) is 0 Å². The summed E-state index contributed by atoms with van der Waals surface area (Å²) in [5.41, 5.74) is 0. The maximum Gasteiger partial charge on any atom is 1.00 e. The van der Waals surface area contributed by atoms with Crippen LogP contribution in [0.3, 0.4) is 0 Å². The molecule has 0 heterocycles. The smallest absolute Gasteiger partial charge is 0.559 e. The molecule has 0 bridgehead atoms. The molecule has 86 valence electrons. The summed E-state index contributed by atoms with van der Waals surface area (Å²) in [7, 11) is -6.60. The summed E-state index contributed by atoms with van der Waals surface area (Å²) in [5, 5.41) is -0.989. The first-order valence-electron chi connectivity index (χ1n) is 2.56. The van der Waals surface area contributed by atoms with Crippen molar-refractivity contribution < 1.29 is 90.5 Å². The monoisotopic (exact) mass is 287 g/mol. The molecule has 12 heteroatoms. The Bertz CT molecular complexity index is 322. The van der Waals surface area contributed by atoms with Gasteiger partial charge >= 0.3 is 68.7 Å². The van der Waals surface area contributed by atoms with Crippen LogP contribution >= 0.6 is 0 Å². The fraction of sp³-hybridized carbons (Fsp3) is 1.00. The minimum absolute atomic E-state index is 0. The third-order valence-corrected chi connectivity index (χ3v) is 1.99. The molecule has 0 saturated heterocycles. The Morgan fingerprint density at radius 1 is 0.867 bits per heavy atom. The zero-order valence-electron chi connectivity index (χ0n) is 6.87. The molecule has 0 radical (unpaired) electrons. The number of hydrogen-bond donors (Lipinski definition) is 0. The molecule has 0 rings (SSSR count). The molecular weight excluding hydrogens is 286 g/mol. The fourth-order valence-corrected chi connectivity index (χ4v) is 0.787. The van der Waals surface area contributed by atoms with E-state index in [1.54, 1.807) is 0 Å². The molecule has 0 aromatic heterocycles. The van der Waals surface area contributed by atoms with Gasteiger partial charge in [-0.25, -0.2) is 8.42 Å². The average molecular weight is 287 g/mol. The van der Waals surface area contributed by atoms with Crippen molar-refractivity contribution in [3.05, 3.63) is 5.14 Å². The van der Waals surface area contributed by atoms with Crippen molar-refractivity contribution in [1.82, 2.24) is 0 Å². The summed E-state index contributed by atoms with van der Waals surface area (Å²) in [6.45, 7) is 0. The average Bonchev–Trinajstić information content (AvgIpc) is 1.81. The van der Waals surface area contributed by atoms with Gasteiger partial charge in [-0.1, -0.05) is 0 Å². The molecule has 0 fully saturated rings. The van der Waals surface area contributed by atoms with E-state index in [9.17, 15) is 39.2 Å². The molecule has 1 N–H and O–H groups in total. The summed E-state index contributed by atoms with van der Waals surface area (Å²) in [5.74, 6) is -6.79. The molecule has 0 amide bonds. The molecule has 0 aliphatic carbocycles. The quantitative estimate of drug-likeness (QED) is 0.491. The van der Waals surface area contributed by atoms with Crippen molar-refractivity contribution in [2.45, 2.75) is 17.4 Å². The second-order valence-electron chi connectivity index (χ2n) is 2.09. The minimum Gasteiger partial charge on any atom is -0.559 e. The van der Waals surface area contributed by atoms with Gasteiger partial charge in [0.1, 0.15) is 10.0 Å². The van der Waals surface area contributed by atoms with E-state index in [4.69, 9.17) is 5.14 Å². The van der Waals surface area contributed by atoms with Gasteiger partial charge in [-0.2, -0.15) is 30.7 Å².